The van der Waals surface area contributed by atoms with Gasteiger partial charge < -0.3 is 14.3 Å². The molecule has 0 unspecified atom stereocenters. The van der Waals surface area contributed by atoms with E-state index in [2.05, 4.69) is 0 Å². The molecule has 0 aliphatic heterocycles. The molecule has 0 atom stereocenters. The summed E-state index contributed by atoms with van der Waals surface area (Å²) in [7, 11) is 0. The Kier molecular flexibility index (Phi) is 5.00. The summed E-state index contributed by atoms with van der Waals surface area (Å²) in [4.78, 5) is 12.7. The number of carboxylic acids is 1. The fourth-order valence-electron chi connectivity index (χ4n) is 1.90. The minimum Gasteiger partial charge on any atom is -0.480 e. The Morgan fingerprint density at radius 3 is 2.57 bits per heavy atom. The SMILES string of the molecule is CC(C)N(CC(=O)O)Cc1ccc(Oc2ccccc2)o1. The summed E-state index contributed by atoms with van der Waals surface area (Å²) in [5.41, 5.74) is 0. The Balaban J connectivity index is 2.00. The molecule has 5 heteroatoms. The van der Waals surface area contributed by atoms with Crippen molar-refractivity contribution in [2.24, 2.45) is 0 Å². The second-order valence-electron chi connectivity index (χ2n) is 5.03. The molecule has 1 aromatic carbocycles. The molecule has 1 heterocycles. The maximum absolute atomic E-state index is 10.9. The van der Waals surface area contributed by atoms with Gasteiger partial charge in [0.2, 0.25) is 0 Å². The standard InChI is InChI=1S/C16H19NO4/c1-12(2)17(11-15(18)19)10-14-8-9-16(21-14)20-13-6-4-3-5-7-13/h3-9,12H,10-11H2,1-2H3,(H,18,19). The lowest BCUT2D eigenvalue weighted by atomic mass is 10.3. The van der Waals surface area contributed by atoms with Crippen molar-refractivity contribution < 1.29 is 19.1 Å². The average molecular weight is 289 g/mol. The number of aliphatic carboxylic acids is 1. The van der Waals surface area contributed by atoms with Gasteiger partial charge in [-0.1, -0.05) is 18.2 Å². The number of carboxylic acid groups (broad SMARTS) is 1. The molecule has 0 fully saturated rings. The van der Waals surface area contributed by atoms with Gasteiger partial charge in [-0.2, -0.15) is 0 Å². The van der Waals surface area contributed by atoms with Crippen molar-refractivity contribution >= 4 is 5.97 Å². The van der Waals surface area contributed by atoms with Gasteiger partial charge in [0.1, 0.15) is 11.5 Å². The van der Waals surface area contributed by atoms with Crippen molar-refractivity contribution in [1.82, 2.24) is 4.90 Å². The van der Waals surface area contributed by atoms with Gasteiger partial charge in [0.15, 0.2) is 0 Å². The summed E-state index contributed by atoms with van der Waals surface area (Å²) in [5.74, 6) is 0.923. The highest BCUT2D eigenvalue weighted by Gasteiger charge is 2.16. The first kappa shape index (κ1) is 15.1. The first-order valence-corrected chi connectivity index (χ1v) is 6.82. The molecule has 2 aromatic rings. The van der Waals surface area contributed by atoms with Crippen LogP contribution in [0.15, 0.2) is 46.9 Å². The molecule has 5 nitrogen and oxygen atoms in total. The number of nitrogens with zero attached hydrogens (tertiary/aromatic N) is 1. The van der Waals surface area contributed by atoms with Crippen molar-refractivity contribution in [1.29, 1.82) is 0 Å². The van der Waals surface area contributed by atoms with E-state index in [-0.39, 0.29) is 12.6 Å². The number of hydrogen-bond acceptors (Lipinski definition) is 4. The third-order valence-corrected chi connectivity index (χ3v) is 3.03. The minimum absolute atomic E-state index is 0.0206. The van der Waals surface area contributed by atoms with Crippen LogP contribution in [0.25, 0.3) is 0 Å². The quantitative estimate of drug-likeness (QED) is 0.846. The predicted molar refractivity (Wildman–Crippen MR) is 78.4 cm³/mol. The lowest BCUT2D eigenvalue weighted by Crippen LogP contribution is -2.34. The summed E-state index contributed by atoms with van der Waals surface area (Å²) >= 11 is 0. The van der Waals surface area contributed by atoms with Crippen LogP contribution in [0.4, 0.5) is 0 Å². The highest BCUT2D eigenvalue weighted by Crippen LogP contribution is 2.24. The van der Waals surface area contributed by atoms with Gasteiger partial charge in [-0.25, -0.2) is 0 Å². The van der Waals surface area contributed by atoms with Gasteiger partial charge in [-0.05, 0) is 32.0 Å². The number of furan rings is 1. The monoisotopic (exact) mass is 289 g/mol. The summed E-state index contributed by atoms with van der Waals surface area (Å²) in [5, 5.41) is 8.91. The van der Waals surface area contributed by atoms with Gasteiger partial charge >= 0.3 is 5.97 Å². The zero-order chi connectivity index (χ0) is 15.2. The minimum atomic E-state index is -0.851. The molecule has 2 rings (SSSR count). The molecule has 0 aliphatic rings. The predicted octanol–water partition coefficient (Wildman–Crippen LogP) is 3.37. The average Bonchev–Trinajstić information content (AvgIpc) is 2.86. The van der Waals surface area contributed by atoms with Crippen molar-refractivity contribution in [2.45, 2.75) is 26.4 Å². The maximum Gasteiger partial charge on any atom is 0.317 e. The van der Waals surface area contributed by atoms with Gasteiger partial charge in [-0.3, -0.25) is 9.69 Å². The van der Waals surface area contributed by atoms with Crippen LogP contribution in [0, 0.1) is 0 Å². The molecule has 0 bridgehead atoms. The van der Waals surface area contributed by atoms with E-state index in [0.29, 0.717) is 24.0 Å². The Morgan fingerprint density at radius 2 is 1.95 bits per heavy atom. The first-order valence-electron chi connectivity index (χ1n) is 6.82. The van der Waals surface area contributed by atoms with Gasteiger partial charge in [0.25, 0.3) is 5.95 Å². The van der Waals surface area contributed by atoms with Crippen LogP contribution in [0.5, 0.6) is 11.7 Å². The molecule has 21 heavy (non-hydrogen) atoms. The van der Waals surface area contributed by atoms with Gasteiger partial charge in [0, 0.05) is 12.1 Å². The summed E-state index contributed by atoms with van der Waals surface area (Å²) in [6.07, 6.45) is 0. The van der Waals surface area contributed by atoms with E-state index in [1.165, 1.54) is 0 Å². The highest BCUT2D eigenvalue weighted by atomic mass is 16.6. The second-order valence-corrected chi connectivity index (χ2v) is 5.03. The van der Waals surface area contributed by atoms with Crippen molar-refractivity contribution in [3.63, 3.8) is 0 Å². The normalized spacial score (nSPS) is 11.0. The van der Waals surface area contributed by atoms with Crippen molar-refractivity contribution in [3.8, 4) is 11.7 Å². The van der Waals surface area contributed by atoms with Crippen molar-refractivity contribution in [2.75, 3.05) is 6.54 Å². The van der Waals surface area contributed by atoms with Crippen LogP contribution in [-0.2, 0) is 11.3 Å². The summed E-state index contributed by atoms with van der Waals surface area (Å²) in [6, 6.07) is 13.0. The smallest absolute Gasteiger partial charge is 0.317 e. The van der Waals surface area contributed by atoms with E-state index in [1.807, 2.05) is 49.1 Å². The largest absolute Gasteiger partial charge is 0.480 e. The Hall–Kier alpha value is -2.27. The van der Waals surface area contributed by atoms with Crippen LogP contribution in [0.1, 0.15) is 19.6 Å². The van der Waals surface area contributed by atoms with Gasteiger partial charge in [0.05, 0.1) is 13.1 Å². The number of carbonyl (C=O) groups is 1. The van der Waals surface area contributed by atoms with Crippen LogP contribution >= 0.6 is 0 Å². The molecule has 0 saturated heterocycles. The molecule has 0 saturated carbocycles. The van der Waals surface area contributed by atoms with Crippen molar-refractivity contribution in [3.05, 3.63) is 48.2 Å². The van der Waals surface area contributed by atoms with E-state index in [9.17, 15) is 4.79 Å². The number of para-hydroxylation sites is 1. The zero-order valence-electron chi connectivity index (χ0n) is 12.2. The van der Waals surface area contributed by atoms with Crippen LogP contribution in [0.2, 0.25) is 0 Å². The molecule has 1 aromatic heterocycles. The highest BCUT2D eigenvalue weighted by molar-refractivity contribution is 5.69. The number of ether oxygens (including phenoxy) is 1. The molecule has 0 aliphatic carbocycles. The van der Waals surface area contributed by atoms with Crippen LogP contribution in [0.3, 0.4) is 0 Å². The fraction of sp³-hybridized carbons (Fsp3) is 0.312. The Bertz CT molecular complexity index is 577. The molecule has 0 spiro atoms. The molecule has 112 valence electrons. The third-order valence-electron chi connectivity index (χ3n) is 3.03. The number of benzene rings is 1. The lowest BCUT2D eigenvalue weighted by molar-refractivity contribution is -0.139. The number of hydrogen-bond donors (Lipinski definition) is 1. The van der Waals surface area contributed by atoms with E-state index in [0.717, 1.165) is 0 Å². The Labute approximate surface area is 123 Å². The molecular formula is C16H19NO4. The molecular weight excluding hydrogens is 270 g/mol. The maximum atomic E-state index is 10.9. The van der Waals surface area contributed by atoms with E-state index in [4.69, 9.17) is 14.3 Å². The fourth-order valence-corrected chi connectivity index (χ4v) is 1.90. The molecule has 0 radical (unpaired) electrons. The van der Waals surface area contributed by atoms with Crippen LogP contribution < -0.4 is 4.74 Å². The topological polar surface area (TPSA) is 62.9 Å². The lowest BCUT2D eigenvalue weighted by Gasteiger charge is -2.23. The van der Waals surface area contributed by atoms with Crippen LogP contribution in [-0.4, -0.2) is 28.6 Å². The second kappa shape index (κ2) is 6.95. The third kappa shape index (κ3) is 4.65. The van der Waals surface area contributed by atoms with E-state index >= 15 is 0 Å². The Morgan fingerprint density at radius 1 is 1.24 bits per heavy atom. The summed E-state index contributed by atoms with van der Waals surface area (Å²) in [6.45, 7) is 4.32. The number of rotatable bonds is 7. The van der Waals surface area contributed by atoms with Gasteiger partial charge in [-0.15, -0.1) is 0 Å². The van der Waals surface area contributed by atoms with E-state index in [1.54, 1.807) is 12.1 Å². The first-order chi connectivity index (χ1) is 10.0. The molecule has 1 N–H and O–H groups in total. The zero-order valence-corrected chi connectivity index (χ0v) is 12.2. The molecule has 0 amide bonds. The van der Waals surface area contributed by atoms with E-state index < -0.39 is 5.97 Å². The summed E-state index contributed by atoms with van der Waals surface area (Å²) < 4.78 is 11.2.